The van der Waals surface area contributed by atoms with Crippen LogP contribution in [0.5, 0.6) is 5.88 Å². The summed E-state index contributed by atoms with van der Waals surface area (Å²) >= 11 is 6.26. The number of rotatable bonds is 3. The van der Waals surface area contributed by atoms with Crippen molar-refractivity contribution in [1.29, 1.82) is 0 Å². The predicted octanol–water partition coefficient (Wildman–Crippen LogP) is 5.55. The zero-order chi connectivity index (χ0) is 16.0. The third kappa shape index (κ3) is 2.47. The smallest absolute Gasteiger partial charge is 0.216 e. The Bertz CT molecular complexity index is 751. The zero-order valence-corrected chi connectivity index (χ0v) is 14.3. The Labute approximate surface area is 142 Å². The molecule has 3 nitrogen and oxygen atoms in total. The standard InChI is InChI=1S/C19H21ClN2O/c1-11-3-8-14(9-15(11)20)22-16-10-21-19(23-2)18-13-6-4-12(5-7-13)17(16)18/h3,8-10,12-13,22H,4-7H2,1-2H3. The molecular weight excluding hydrogens is 308 g/mol. The molecule has 3 aliphatic rings. The molecule has 4 heteroatoms. The van der Waals surface area contributed by atoms with Gasteiger partial charge in [-0.15, -0.1) is 0 Å². The van der Waals surface area contributed by atoms with E-state index in [-0.39, 0.29) is 0 Å². The molecule has 0 spiro atoms. The molecule has 2 aromatic rings. The first-order chi connectivity index (χ1) is 11.2. The molecule has 0 aliphatic heterocycles. The summed E-state index contributed by atoms with van der Waals surface area (Å²) in [5.74, 6) is 2.03. The van der Waals surface area contributed by atoms with E-state index in [1.807, 2.05) is 25.3 Å². The highest BCUT2D eigenvalue weighted by Crippen LogP contribution is 2.54. The van der Waals surface area contributed by atoms with Crippen LogP contribution in [-0.2, 0) is 0 Å². The van der Waals surface area contributed by atoms with Crippen LogP contribution in [0.4, 0.5) is 11.4 Å². The van der Waals surface area contributed by atoms with E-state index in [0.717, 1.165) is 27.8 Å². The summed E-state index contributed by atoms with van der Waals surface area (Å²) in [5, 5.41) is 4.32. The first-order valence-electron chi connectivity index (χ1n) is 8.27. The van der Waals surface area contributed by atoms with Gasteiger partial charge in [0.15, 0.2) is 0 Å². The molecule has 1 saturated carbocycles. The van der Waals surface area contributed by atoms with Crippen molar-refractivity contribution >= 4 is 23.0 Å². The lowest BCUT2D eigenvalue weighted by Gasteiger charge is -2.39. The van der Waals surface area contributed by atoms with Crippen LogP contribution in [0.15, 0.2) is 24.4 Å². The third-order valence-electron chi connectivity index (χ3n) is 5.31. The van der Waals surface area contributed by atoms with E-state index in [4.69, 9.17) is 16.3 Å². The summed E-state index contributed by atoms with van der Waals surface area (Å²) in [6, 6.07) is 6.09. The van der Waals surface area contributed by atoms with E-state index < -0.39 is 0 Å². The number of nitrogens with one attached hydrogen (secondary N) is 1. The van der Waals surface area contributed by atoms with Gasteiger partial charge in [0.2, 0.25) is 5.88 Å². The number of hydrogen-bond donors (Lipinski definition) is 1. The summed E-state index contributed by atoms with van der Waals surface area (Å²) in [6.07, 6.45) is 6.97. The minimum atomic E-state index is 0.598. The van der Waals surface area contributed by atoms with Gasteiger partial charge in [-0.2, -0.15) is 0 Å². The van der Waals surface area contributed by atoms with Crippen LogP contribution in [0, 0.1) is 6.92 Å². The number of pyridine rings is 1. The second kappa shape index (κ2) is 5.72. The predicted molar refractivity (Wildman–Crippen MR) is 94.2 cm³/mol. The van der Waals surface area contributed by atoms with Crippen LogP contribution in [0.1, 0.15) is 54.2 Å². The molecule has 1 heterocycles. The first kappa shape index (κ1) is 14.8. The van der Waals surface area contributed by atoms with Gasteiger partial charge in [0.05, 0.1) is 19.0 Å². The zero-order valence-electron chi connectivity index (χ0n) is 13.5. The number of hydrogen-bond acceptors (Lipinski definition) is 3. The van der Waals surface area contributed by atoms with Crippen LogP contribution in [-0.4, -0.2) is 12.1 Å². The second-order valence-corrected chi connectivity index (χ2v) is 7.05. The van der Waals surface area contributed by atoms with Crippen LogP contribution < -0.4 is 10.1 Å². The van der Waals surface area contributed by atoms with Gasteiger partial charge >= 0.3 is 0 Å². The maximum Gasteiger partial charge on any atom is 0.216 e. The van der Waals surface area contributed by atoms with Crippen molar-refractivity contribution in [2.24, 2.45) is 0 Å². The third-order valence-corrected chi connectivity index (χ3v) is 5.72. The molecule has 0 radical (unpaired) electrons. The maximum absolute atomic E-state index is 6.26. The highest BCUT2D eigenvalue weighted by molar-refractivity contribution is 6.31. The van der Waals surface area contributed by atoms with Crippen molar-refractivity contribution in [3.8, 4) is 5.88 Å². The fourth-order valence-corrected chi connectivity index (χ4v) is 4.30. The number of aromatic nitrogens is 1. The molecule has 0 saturated heterocycles. The van der Waals surface area contributed by atoms with Gasteiger partial charge in [0.1, 0.15) is 0 Å². The number of anilines is 2. The first-order valence-corrected chi connectivity index (χ1v) is 8.65. The van der Waals surface area contributed by atoms with E-state index in [1.165, 1.54) is 36.8 Å². The minimum absolute atomic E-state index is 0.598. The summed E-state index contributed by atoms with van der Waals surface area (Å²) < 4.78 is 5.55. The van der Waals surface area contributed by atoms with Gasteiger partial charge in [-0.3, -0.25) is 0 Å². The van der Waals surface area contributed by atoms with Gasteiger partial charge in [0, 0.05) is 16.3 Å². The fourth-order valence-electron chi connectivity index (χ4n) is 4.12. The van der Waals surface area contributed by atoms with Crippen LogP contribution in [0.3, 0.4) is 0 Å². The largest absolute Gasteiger partial charge is 0.481 e. The fraction of sp³-hybridized carbons (Fsp3) is 0.421. The van der Waals surface area contributed by atoms with E-state index >= 15 is 0 Å². The molecule has 1 N–H and O–H groups in total. The number of methoxy groups -OCH3 is 1. The normalized spacial score (nSPS) is 21.9. The quantitative estimate of drug-likeness (QED) is 0.802. The average Bonchev–Trinajstić information content (AvgIpc) is 2.59. The van der Waals surface area contributed by atoms with Crippen molar-refractivity contribution in [1.82, 2.24) is 4.98 Å². The molecule has 1 fully saturated rings. The lowest BCUT2D eigenvalue weighted by Crippen LogP contribution is -2.24. The number of benzene rings is 1. The van der Waals surface area contributed by atoms with Gasteiger partial charge < -0.3 is 10.1 Å². The molecule has 3 aliphatic carbocycles. The number of nitrogens with zero attached hydrogens (tertiary/aromatic N) is 1. The van der Waals surface area contributed by atoms with Gasteiger partial charge in [-0.1, -0.05) is 17.7 Å². The number of ether oxygens (including phenoxy) is 1. The SMILES string of the molecule is COc1ncc(Nc2ccc(C)c(Cl)c2)c2c1C1CCC2CC1. The van der Waals surface area contributed by atoms with Crippen LogP contribution in [0.25, 0.3) is 0 Å². The maximum atomic E-state index is 6.26. The molecule has 2 bridgehead atoms. The van der Waals surface area contributed by atoms with E-state index in [9.17, 15) is 0 Å². The Morgan fingerprint density at radius 3 is 2.48 bits per heavy atom. The number of halogens is 1. The molecule has 0 atom stereocenters. The van der Waals surface area contributed by atoms with Crippen molar-refractivity contribution in [2.45, 2.75) is 44.4 Å². The molecule has 5 rings (SSSR count). The Balaban J connectivity index is 1.78. The van der Waals surface area contributed by atoms with Crippen LogP contribution >= 0.6 is 11.6 Å². The second-order valence-electron chi connectivity index (χ2n) is 6.65. The highest BCUT2D eigenvalue weighted by Gasteiger charge is 2.37. The van der Waals surface area contributed by atoms with Crippen molar-refractivity contribution in [3.05, 3.63) is 46.1 Å². The van der Waals surface area contributed by atoms with Crippen molar-refractivity contribution < 1.29 is 4.74 Å². The van der Waals surface area contributed by atoms with Gasteiger partial charge in [0.25, 0.3) is 0 Å². The Morgan fingerprint density at radius 1 is 1.13 bits per heavy atom. The molecule has 1 aromatic heterocycles. The molecule has 0 unspecified atom stereocenters. The number of fused-ring (bicyclic) bond motifs is 2. The van der Waals surface area contributed by atoms with Gasteiger partial charge in [-0.05, 0) is 67.7 Å². The Hall–Kier alpha value is -1.74. The van der Waals surface area contributed by atoms with Crippen molar-refractivity contribution in [3.63, 3.8) is 0 Å². The van der Waals surface area contributed by atoms with Gasteiger partial charge in [-0.25, -0.2) is 4.98 Å². The molecule has 23 heavy (non-hydrogen) atoms. The Morgan fingerprint density at radius 2 is 1.83 bits per heavy atom. The highest BCUT2D eigenvalue weighted by atomic mass is 35.5. The van der Waals surface area contributed by atoms with Crippen molar-refractivity contribution in [2.75, 3.05) is 12.4 Å². The summed E-state index contributed by atoms with van der Waals surface area (Å²) in [7, 11) is 1.72. The van der Waals surface area contributed by atoms with Crippen LogP contribution in [0.2, 0.25) is 5.02 Å². The monoisotopic (exact) mass is 328 g/mol. The topological polar surface area (TPSA) is 34.1 Å². The van der Waals surface area contributed by atoms with E-state index in [1.54, 1.807) is 7.11 Å². The van der Waals surface area contributed by atoms with E-state index in [0.29, 0.717) is 11.8 Å². The molecule has 1 aromatic carbocycles. The summed E-state index contributed by atoms with van der Waals surface area (Å²) in [5.41, 5.74) is 5.95. The Kier molecular flexibility index (Phi) is 3.68. The summed E-state index contributed by atoms with van der Waals surface area (Å²) in [6.45, 7) is 2.02. The summed E-state index contributed by atoms with van der Waals surface area (Å²) in [4.78, 5) is 4.55. The lowest BCUT2D eigenvalue weighted by molar-refractivity contribution is 0.329. The lowest BCUT2D eigenvalue weighted by atomic mass is 9.67. The molecular formula is C19H21ClN2O. The minimum Gasteiger partial charge on any atom is -0.481 e. The molecule has 0 amide bonds. The molecule has 120 valence electrons. The van der Waals surface area contributed by atoms with E-state index in [2.05, 4.69) is 16.4 Å². The number of aryl methyl sites for hydroxylation is 1. The average molecular weight is 329 g/mol.